The molecule has 1 aliphatic heterocycles. The van der Waals surface area contributed by atoms with Gasteiger partial charge < -0.3 is 10.6 Å². The number of nitrogens with zero attached hydrogens (tertiary/aromatic N) is 2. The van der Waals surface area contributed by atoms with Gasteiger partial charge in [0.2, 0.25) is 11.8 Å². The Labute approximate surface area is 147 Å². The highest BCUT2D eigenvalue weighted by atomic mass is 16.2. The summed E-state index contributed by atoms with van der Waals surface area (Å²) in [5.41, 5.74) is 1.61. The fourth-order valence-corrected chi connectivity index (χ4v) is 3.04. The van der Waals surface area contributed by atoms with E-state index in [-0.39, 0.29) is 24.4 Å². The molecule has 2 amide bonds. The third-order valence-electron chi connectivity index (χ3n) is 4.21. The highest BCUT2D eigenvalue weighted by Gasteiger charge is 2.32. The third-order valence-corrected chi connectivity index (χ3v) is 4.21. The number of anilines is 2. The Hall–Kier alpha value is -2.73. The standard InChI is InChI=1S/C19H22N4O2/c1-14-7-5-11-17(20-14)22-19(25)16-10-6-12-23(16)13-18(24)21-15-8-3-2-4-9-15/h2-5,7-9,11,16H,6,10,12-13H2,1H3,(H,21,24)(H,20,22,25)/t16-/m0/s1. The summed E-state index contributed by atoms with van der Waals surface area (Å²) in [5.74, 6) is 0.327. The molecule has 0 bridgehead atoms. The van der Waals surface area contributed by atoms with Gasteiger partial charge in [0, 0.05) is 11.4 Å². The molecule has 130 valence electrons. The minimum absolute atomic E-state index is 0.108. The van der Waals surface area contributed by atoms with Crippen molar-refractivity contribution in [2.75, 3.05) is 23.7 Å². The lowest BCUT2D eigenvalue weighted by molar-refractivity contribution is -0.122. The fraction of sp³-hybridized carbons (Fsp3) is 0.316. The second kappa shape index (κ2) is 7.90. The summed E-state index contributed by atoms with van der Waals surface area (Å²) in [6.45, 7) is 2.82. The topological polar surface area (TPSA) is 74.3 Å². The molecule has 25 heavy (non-hydrogen) atoms. The summed E-state index contributed by atoms with van der Waals surface area (Å²) in [6.07, 6.45) is 1.65. The van der Waals surface area contributed by atoms with Crippen molar-refractivity contribution in [3.05, 3.63) is 54.2 Å². The van der Waals surface area contributed by atoms with E-state index in [0.717, 1.165) is 30.8 Å². The van der Waals surface area contributed by atoms with Crippen LogP contribution in [0.3, 0.4) is 0 Å². The first kappa shape index (κ1) is 17.1. The molecule has 0 spiro atoms. The van der Waals surface area contributed by atoms with E-state index < -0.39 is 0 Å². The van der Waals surface area contributed by atoms with Crippen molar-refractivity contribution in [1.29, 1.82) is 0 Å². The molecule has 1 aromatic carbocycles. The van der Waals surface area contributed by atoms with Gasteiger partial charge in [-0.15, -0.1) is 0 Å². The number of nitrogens with one attached hydrogen (secondary N) is 2. The van der Waals surface area contributed by atoms with Crippen molar-refractivity contribution in [3.8, 4) is 0 Å². The second-order valence-electron chi connectivity index (χ2n) is 6.20. The molecular weight excluding hydrogens is 316 g/mol. The van der Waals surface area contributed by atoms with E-state index >= 15 is 0 Å². The van der Waals surface area contributed by atoms with Gasteiger partial charge in [-0.3, -0.25) is 14.5 Å². The van der Waals surface area contributed by atoms with Crippen LogP contribution in [0.4, 0.5) is 11.5 Å². The van der Waals surface area contributed by atoms with Crippen LogP contribution >= 0.6 is 0 Å². The van der Waals surface area contributed by atoms with Crippen molar-refractivity contribution in [1.82, 2.24) is 9.88 Å². The number of pyridine rings is 1. The molecule has 2 N–H and O–H groups in total. The van der Waals surface area contributed by atoms with E-state index in [4.69, 9.17) is 0 Å². The average Bonchev–Trinajstić information content (AvgIpc) is 3.04. The minimum Gasteiger partial charge on any atom is -0.325 e. The highest BCUT2D eigenvalue weighted by Crippen LogP contribution is 2.19. The zero-order chi connectivity index (χ0) is 17.6. The van der Waals surface area contributed by atoms with Crippen LogP contribution in [0.2, 0.25) is 0 Å². The predicted octanol–water partition coefficient (Wildman–Crippen LogP) is 2.43. The number of carbonyl (C=O) groups is 2. The molecule has 0 radical (unpaired) electrons. The van der Waals surface area contributed by atoms with Gasteiger partial charge in [0.25, 0.3) is 0 Å². The SMILES string of the molecule is Cc1cccc(NC(=O)[C@@H]2CCCN2CC(=O)Nc2ccccc2)n1. The van der Waals surface area contributed by atoms with E-state index in [9.17, 15) is 9.59 Å². The summed E-state index contributed by atoms with van der Waals surface area (Å²) in [7, 11) is 0. The zero-order valence-electron chi connectivity index (χ0n) is 14.2. The first-order chi connectivity index (χ1) is 12.1. The maximum absolute atomic E-state index is 12.6. The molecule has 6 heteroatoms. The molecule has 1 fully saturated rings. The molecule has 1 atom stereocenters. The quantitative estimate of drug-likeness (QED) is 0.878. The fourth-order valence-electron chi connectivity index (χ4n) is 3.04. The van der Waals surface area contributed by atoms with Gasteiger partial charge in [0.05, 0.1) is 12.6 Å². The second-order valence-corrected chi connectivity index (χ2v) is 6.20. The number of hydrogen-bond acceptors (Lipinski definition) is 4. The summed E-state index contributed by atoms with van der Waals surface area (Å²) in [5, 5.41) is 5.71. The summed E-state index contributed by atoms with van der Waals surface area (Å²) in [4.78, 5) is 31.0. The van der Waals surface area contributed by atoms with Crippen LogP contribution in [0.15, 0.2) is 48.5 Å². The number of rotatable bonds is 5. The van der Waals surface area contributed by atoms with Crippen LogP contribution in [0.1, 0.15) is 18.5 Å². The maximum atomic E-state index is 12.6. The van der Waals surface area contributed by atoms with Gasteiger partial charge in [-0.25, -0.2) is 4.98 Å². The van der Waals surface area contributed by atoms with Crippen LogP contribution < -0.4 is 10.6 Å². The van der Waals surface area contributed by atoms with Crippen LogP contribution in [0, 0.1) is 6.92 Å². The van der Waals surface area contributed by atoms with Gasteiger partial charge in [-0.05, 0) is 50.6 Å². The number of hydrogen-bond donors (Lipinski definition) is 2. The monoisotopic (exact) mass is 338 g/mol. The zero-order valence-corrected chi connectivity index (χ0v) is 14.2. The first-order valence-electron chi connectivity index (χ1n) is 8.45. The Morgan fingerprint density at radius 1 is 1.12 bits per heavy atom. The van der Waals surface area contributed by atoms with Gasteiger partial charge in [-0.1, -0.05) is 24.3 Å². The molecule has 2 aromatic rings. The van der Waals surface area contributed by atoms with Gasteiger partial charge in [0.15, 0.2) is 0 Å². The third kappa shape index (κ3) is 4.64. The Kier molecular flexibility index (Phi) is 5.40. The number of aromatic nitrogens is 1. The lowest BCUT2D eigenvalue weighted by Gasteiger charge is -2.23. The van der Waals surface area contributed by atoms with Crippen molar-refractivity contribution < 1.29 is 9.59 Å². The largest absolute Gasteiger partial charge is 0.325 e. The van der Waals surface area contributed by atoms with Crippen LogP contribution in [-0.2, 0) is 9.59 Å². The molecule has 1 aromatic heterocycles. The maximum Gasteiger partial charge on any atom is 0.242 e. The Bertz CT molecular complexity index is 748. The highest BCUT2D eigenvalue weighted by molar-refractivity contribution is 5.96. The number of benzene rings is 1. The van der Waals surface area contributed by atoms with E-state index in [0.29, 0.717) is 5.82 Å². The predicted molar refractivity (Wildman–Crippen MR) is 97.3 cm³/mol. The molecule has 0 aliphatic carbocycles. The Balaban J connectivity index is 1.58. The normalized spacial score (nSPS) is 17.2. The molecule has 0 saturated carbocycles. The molecule has 1 saturated heterocycles. The number of likely N-dealkylation sites (tertiary alicyclic amines) is 1. The van der Waals surface area contributed by atoms with Crippen LogP contribution in [-0.4, -0.2) is 40.8 Å². The molecule has 0 unspecified atom stereocenters. The smallest absolute Gasteiger partial charge is 0.242 e. The number of amides is 2. The molecule has 2 heterocycles. The lowest BCUT2D eigenvalue weighted by atomic mass is 10.2. The number of para-hydroxylation sites is 1. The number of carbonyl (C=O) groups excluding carboxylic acids is 2. The van der Waals surface area contributed by atoms with Crippen LogP contribution in [0.25, 0.3) is 0 Å². The van der Waals surface area contributed by atoms with Crippen LogP contribution in [0.5, 0.6) is 0 Å². The molecule has 3 rings (SSSR count). The van der Waals surface area contributed by atoms with Crippen molar-refractivity contribution in [2.45, 2.75) is 25.8 Å². The van der Waals surface area contributed by atoms with E-state index in [2.05, 4.69) is 15.6 Å². The van der Waals surface area contributed by atoms with Gasteiger partial charge in [-0.2, -0.15) is 0 Å². The Morgan fingerprint density at radius 2 is 1.92 bits per heavy atom. The van der Waals surface area contributed by atoms with Crippen molar-refractivity contribution in [2.24, 2.45) is 0 Å². The molecular formula is C19H22N4O2. The van der Waals surface area contributed by atoms with Gasteiger partial charge >= 0.3 is 0 Å². The molecule has 1 aliphatic rings. The van der Waals surface area contributed by atoms with Crippen molar-refractivity contribution in [3.63, 3.8) is 0 Å². The average molecular weight is 338 g/mol. The molecule has 6 nitrogen and oxygen atoms in total. The summed E-state index contributed by atoms with van der Waals surface area (Å²) in [6, 6.07) is 14.5. The van der Waals surface area contributed by atoms with E-state index in [1.165, 1.54) is 0 Å². The van der Waals surface area contributed by atoms with Gasteiger partial charge in [0.1, 0.15) is 5.82 Å². The summed E-state index contributed by atoms with van der Waals surface area (Å²) >= 11 is 0. The summed E-state index contributed by atoms with van der Waals surface area (Å²) < 4.78 is 0. The van der Waals surface area contributed by atoms with E-state index in [1.807, 2.05) is 54.3 Å². The van der Waals surface area contributed by atoms with E-state index in [1.54, 1.807) is 6.07 Å². The first-order valence-corrected chi connectivity index (χ1v) is 8.45. The Morgan fingerprint density at radius 3 is 2.68 bits per heavy atom. The lowest BCUT2D eigenvalue weighted by Crippen LogP contribution is -2.43. The minimum atomic E-state index is -0.302. The van der Waals surface area contributed by atoms with Crippen molar-refractivity contribution >= 4 is 23.3 Å². The number of aryl methyl sites for hydroxylation is 1.